The average molecular weight is 299 g/mol. The van der Waals surface area contributed by atoms with Crippen LogP contribution in [-0.2, 0) is 0 Å². The molecule has 0 aromatic carbocycles. The monoisotopic (exact) mass is 298 g/mol. The average Bonchev–Trinajstić information content (AvgIpc) is 2.21. The van der Waals surface area contributed by atoms with Gasteiger partial charge in [-0.2, -0.15) is 0 Å². The Balaban J connectivity index is 0. The fourth-order valence-electron chi connectivity index (χ4n) is 0.988. The SMILES string of the molecule is CCN(CC)C(=S)S.CCN(CC)C(=S)S. The fourth-order valence-corrected chi connectivity index (χ4v) is 2.07. The molecule has 0 radical (unpaired) electrons. The summed E-state index contributed by atoms with van der Waals surface area (Å²) in [4.78, 5) is 4.02. The van der Waals surface area contributed by atoms with Crippen LogP contribution in [0.4, 0.5) is 0 Å². The van der Waals surface area contributed by atoms with E-state index >= 15 is 0 Å². The maximum atomic E-state index is 4.81. The summed E-state index contributed by atoms with van der Waals surface area (Å²) in [5.41, 5.74) is 0. The van der Waals surface area contributed by atoms with Crippen LogP contribution in [0, 0.1) is 0 Å². The Morgan fingerprint density at radius 2 is 0.938 bits per heavy atom. The van der Waals surface area contributed by atoms with Crippen LogP contribution >= 0.6 is 49.7 Å². The Hall–Kier alpha value is 0.480. The minimum absolute atomic E-state index is 0.690. The molecular formula is C10H22N2S4. The topological polar surface area (TPSA) is 6.48 Å². The molecule has 0 unspecified atom stereocenters. The first-order chi connectivity index (χ1) is 7.44. The fraction of sp³-hybridized carbons (Fsp3) is 0.800. The van der Waals surface area contributed by atoms with Crippen molar-refractivity contribution >= 4 is 58.3 Å². The van der Waals surface area contributed by atoms with Crippen molar-refractivity contribution in [2.45, 2.75) is 27.7 Å². The van der Waals surface area contributed by atoms with Gasteiger partial charge in [0.25, 0.3) is 0 Å². The highest BCUT2D eigenvalue weighted by Crippen LogP contribution is 1.94. The third-order valence-corrected chi connectivity index (χ3v) is 3.15. The van der Waals surface area contributed by atoms with E-state index in [9.17, 15) is 0 Å². The second-order valence-corrected chi connectivity index (χ2v) is 5.14. The van der Waals surface area contributed by atoms with Crippen molar-refractivity contribution in [1.29, 1.82) is 0 Å². The van der Waals surface area contributed by atoms with E-state index < -0.39 is 0 Å². The van der Waals surface area contributed by atoms with Gasteiger partial charge in [0.05, 0.1) is 0 Å². The van der Waals surface area contributed by atoms with E-state index in [1.54, 1.807) is 0 Å². The molecular weight excluding hydrogens is 276 g/mol. The lowest BCUT2D eigenvalue weighted by molar-refractivity contribution is 0.482. The van der Waals surface area contributed by atoms with Crippen LogP contribution in [-0.4, -0.2) is 44.6 Å². The Morgan fingerprint density at radius 3 is 0.938 bits per heavy atom. The van der Waals surface area contributed by atoms with Crippen LogP contribution in [0.5, 0.6) is 0 Å². The molecule has 0 aromatic rings. The maximum Gasteiger partial charge on any atom is 0.133 e. The Kier molecular flexibility index (Phi) is 14.1. The first kappa shape index (κ1) is 18.8. The molecule has 0 aromatic heterocycles. The predicted octanol–water partition coefficient (Wildman–Crippen LogP) is 3.09. The zero-order chi connectivity index (χ0) is 13.1. The van der Waals surface area contributed by atoms with Crippen LogP contribution in [0.1, 0.15) is 27.7 Å². The molecule has 0 aliphatic rings. The lowest BCUT2D eigenvalue weighted by atomic mass is 10.6. The molecule has 2 nitrogen and oxygen atoms in total. The van der Waals surface area contributed by atoms with Gasteiger partial charge in [-0.05, 0) is 27.7 Å². The molecule has 0 N–H and O–H groups in total. The van der Waals surface area contributed by atoms with E-state index in [4.69, 9.17) is 24.4 Å². The minimum Gasteiger partial charge on any atom is -0.358 e. The zero-order valence-electron chi connectivity index (χ0n) is 10.4. The Bertz CT molecular complexity index is 179. The Morgan fingerprint density at radius 1 is 0.750 bits per heavy atom. The van der Waals surface area contributed by atoms with Gasteiger partial charge in [0.15, 0.2) is 0 Å². The standard InChI is InChI=1S/2C5H11NS2/c2*1-3-6(4-2)5(7)8/h2*3-4H2,1-2H3,(H,7,8). The summed E-state index contributed by atoms with van der Waals surface area (Å²) in [5, 5.41) is 0. The Labute approximate surface area is 122 Å². The van der Waals surface area contributed by atoms with Gasteiger partial charge >= 0.3 is 0 Å². The molecule has 0 aliphatic carbocycles. The van der Waals surface area contributed by atoms with Crippen molar-refractivity contribution in [3.8, 4) is 0 Å². The number of thiol groups is 2. The molecule has 0 fully saturated rings. The highest BCUT2D eigenvalue weighted by Gasteiger charge is 1.96. The lowest BCUT2D eigenvalue weighted by Gasteiger charge is -2.16. The summed E-state index contributed by atoms with van der Waals surface area (Å²) in [6.45, 7) is 12.1. The number of thiocarbonyl (C=S) groups is 2. The van der Waals surface area contributed by atoms with E-state index in [-0.39, 0.29) is 0 Å². The molecule has 0 saturated heterocycles. The predicted molar refractivity (Wildman–Crippen MR) is 89.0 cm³/mol. The first-order valence-electron chi connectivity index (χ1n) is 5.40. The van der Waals surface area contributed by atoms with Crippen molar-refractivity contribution in [3.63, 3.8) is 0 Å². The third kappa shape index (κ3) is 9.69. The molecule has 96 valence electrons. The van der Waals surface area contributed by atoms with Gasteiger partial charge in [-0.1, -0.05) is 24.4 Å². The molecule has 0 aliphatic heterocycles. The van der Waals surface area contributed by atoms with Crippen molar-refractivity contribution in [2.24, 2.45) is 0 Å². The largest absolute Gasteiger partial charge is 0.358 e. The summed E-state index contributed by atoms with van der Waals surface area (Å²) in [6, 6.07) is 0. The van der Waals surface area contributed by atoms with Gasteiger partial charge in [0, 0.05) is 26.2 Å². The van der Waals surface area contributed by atoms with Crippen LogP contribution in [0.25, 0.3) is 0 Å². The summed E-state index contributed by atoms with van der Waals surface area (Å²) in [7, 11) is 0. The summed E-state index contributed by atoms with van der Waals surface area (Å²) >= 11 is 17.6. The van der Waals surface area contributed by atoms with Crippen molar-refractivity contribution < 1.29 is 0 Å². The summed E-state index contributed by atoms with van der Waals surface area (Å²) in [6.07, 6.45) is 0. The van der Waals surface area contributed by atoms with Crippen molar-refractivity contribution in [2.75, 3.05) is 26.2 Å². The van der Waals surface area contributed by atoms with E-state index in [0.29, 0.717) is 8.64 Å². The zero-order valence-corrected chi connectivity index (χ0v) is 13.9. The normalized spacial score (nSPS) is 8.88. The van der Waals surface area contributed by atoms with Crippen molar-refractivity contribution in [3.05, 3.63) is 0 Å². The van der Waals surface area contributed by atoms with E-state index in [1.807, 2.05) is 9.80 Å². The molecule has 0 bridgehead atoms. The van der Waals surface area contributed by atoms with E-state index in [0.717, 1.165) is 26.2 Å². The third-order valence-electron chi connectivity index (χ3n) is 2.07. The number of hydrogen-bond donors (Lipinski definition) is 2. The molecule has 0 spiro atoms. The van der Waals surface area contributed by atoms with Gasteiger partial charge in [-0.25, -0.2) is 0 Å². The van der Waals surface area contributed by atoms with Crippen molar-refractivity contribution in [1.82, 2.24) is 9.80 Å². The summed E-state index contributed by atoms with van der Waals surface area (Å²) < 4.78 is 1.38. The highest BCUT2D eigenvalue weighted by atomic mass is 32.1. The summed E-state index contributed by atoms with van der Waals surface area (Å²) in [5.74, 6) is 0. The second-order valence-electron chi connectivity index (χ2n) is 2.91. The van der Waals surface area contributed by atoms with Crippen LogP contribution in [0.2, 0.25) is 0 Å². The van der Waals surface area contributed by atoms with Crippen LogP contribution < -0.4 is 0 Å². The molecule has 0 heterocycles. The van der Waals surface area contributed by atoms with E-state index in [2.05, 4.69) is 53.0 Å². The number of nitrogens with zero attached hydrogens (tertiary/aromatic N) is 2. The smallest absolute Gasteiger partial charge is 0.133 e. The van der Waals surface area contributed by atoms with Gasteiger partial charge in [0.2, 0.25) is 0 Å². The lowest BCUT2D eigenvalue weighted by Crippen LogP contribution is -2.24. The molecule has 6 heteroatoms. The molecule has 16 heavy (non-hydrogen) atoms. The van der Waals surface area contributed by atoms with Crippen LogP contribution in [0.3, 0.4) is 0 Å². The molecule has 0 rings (SSSR count). The van der Waals surface area contributed by atoms with Gasteiger partial charge in [-0.3, -0.25) is 0 Å². The molecule has 0 atom stereocenters. The quantitative estimate of drug-likeness (QED) is 0.608. The second kappa shape index (κ2) is 12.0. The van der Waals surface area contributed by atoms with Crippen LogP contribution in [0.15, 0.2) is 0 Å². The van der Waals surface area contributed by atoms with E-state index in [1.165, 1.54) is 0 Å². The van der Waals surface area contributed by atoms with Gasteiger partial charge in [-0.15, -0.1) is 25.3 Å². The number of hydrogen-bond acceptors (Lipinski definition) is 2. The van der Waals surface area contributed by atoms with Gasteiger partial charge < -0.3 is 9.80 Å². The molecule has 0 amide bonds. The highest BCUT2D eigenvalue weighted by molar-refractivity contribution is 8.11. The maximum absolute atomic E-state index is 4.81. The molecule has 0 saturated carbocycles. The minimum atomic E-state index is 0.690. The number of rotatable bonds is 4. The van der Waals surface area contributed by atoms with Gasteiger partial charge in [0.1, 0.15) is 8.64 Å². The first-order valence-corrected chi connectivity index (χ1v) is 7.11.